The van der Waals surface area contributed by atoms with E-state index < -0.39 is 0 Å². The predicted molar refractivity (Wildman–Crippen MR) is 92.5 cm³/mol. The number of carbonyl (C=O) groups is 1. The molecular formula is C17H22FN5O. The van der Waals surface area contributed by atoms with Gasteiger partial charge in [-0.05, 0) is 25.5 Å². The second kappa shape index (κ2) is 8.81. The molecule has 2 rings (SSSR count). The molecule has 3 N–H and O–H groups in total. The van der Waals surface area contributed by atoms with Crippen molar-refractivity contribution in [1.29, 1.82) is 0 Å². The Morgan fingerprint density at radius 1 is 1.12 bits per heavy atom. The summed E-state index contributed by atoms with van der Waals surface area (Å²) in [4.78, 5) is 20.4. The van der Waals surface area contributed by atoms with Gasteiger partial charge in [-0.15, -0.1) is 0 Å². The molecule has 1 amide bonds. The van der Waals surface area contributed by atoms with Gasteiger partial charge in [-0.1, -0.05) is 18.2 Å². The van der Waals surface area contributed by atoms with Gasteiger partial charge in [0.15, 0.2) is 0 Å². The summed E-state index contributed by atoms with van der Waals surface area (Å²) < 4.78 is 13.5. The van der Waals surface area contributed by atoms with E-state index in [0.29, 0.717) is 30.3 Å². The van der Waals surface area contributed by atoms with Crippen LogP contribution in [0.4, 0.5) is 16.0 Å². The standard InChI is InChI=1S/C17H22FN5O/c1-3-19-15-11-16(23-12(2)22-15)20-8-9-21-17(24)10-13-6-4-5-7-14(13)18/h4-7,11H,3,8-10H2,1-2H3,(H,21,24)(H2,19,20,22,23). The molecule has 1 heterocycles. The Morgan fingerprint density at radius 2 is 1.83 bits per heavy atom. The number of hydrogen-bond acceptors (Lipinski definition) is 5. The number of rotatable bonds is 8. The molecule has 0 spiro atoms. The molecule has 0 fully saturated rings. The van der Waals surface area contributed by atoms with Crippen LogP contribution in [0.3, 0.4) is 0 Å². The Labute approximate surface area is 140 Å². The summed E-state index contributed by atoms with van der Waals surface area (Å²) in [7, 11) is 0. The van der Waals surface area contributed by atoms with Crippen molar-refractivity contribution in [1.82, 2.24) is 15.3 Å². The normalized spacial score (nSPS) is 10.3. The van der Waals surface area contributed by atoms with E-state index in [1.165, 1.54) is 6.07 Å². The molecule has 24 heavy (non-hydrogen) atoms. The molecule has 0 saturated carbocycles. The summed E-state index contributed by atoms with van der Waals surface area (Å²) >= 11 is 0. The minimum Gasteiger partial charge on any atom is -0.370 e. The molecule has 1 aromatic carbocycles. The van der Waals surface area contributed by atoms with Crippen LogP contribution in [0.25, 0.3) is 0 Å². The lowest BCUT2D eigenvalue weighted by Crippen LogP contribution is -2.30. The molecule has 0 radical (unpaired) electrons. The smallest absolute Gasteiger partial charge is 0.224 e. The molecule has 0 atom stereocenters. The van der Waals surface area contributed by atoms with Crippen molar-refractivity contribution < 1.29 is 9.18 Å². The molecule has 7 heteroatoms. The van der Waals surface area contributed by atoms with Crippen molar-refractivity contribution in [2.45, 2.75) is 20.3 Å². The topological polar surface area (TPSA) is 78.9 Å². The zero-order chi connectivity index (χ0) is 17.4. The van der Waals surface area contributed by atoms with Gasteiger partial charge in [0.2, 0.25) is 5.91 Å². The zero-order valence-electron chi connectivity index (χ0n) is 13.9. The molecule has 0 unspecified atom stereocenters. The lowest BCUT2D eigenvalue weighted by atomic mass is 10.1. The highest BCUT2D eigenvalue weighted by molar-refractivity contribution is 5.78. The number of aromatic nitrogens is 2. The second-order valence-corrected chi connectivity index (χ2v) is 5.26. The van der Waals surface area contributed by atoms with Gasteiger partial charge in [0.25, 0.3) is 0 Å². The Morgan fingerprint density at radius 3 is 2.54 bits per heavy atom. The number of hydrogen-bond donors (Lipinski definition) is 3. The maximum Gasteiger partial charge on any atom is 0.224 e. The fourth-order valence-corrected chi connectivity index (χ4v) is 2.20. The highest BCUT2D eigenvalue weighted by Crippen LogP contribution is 2.10. The van der Waals surface area contributed by atoms with Crippen LogP contribution < -0.4 is 16.0 Å². The third-order valence-electron chi connectivity index (χ3n) is 3.26. The summed E-state index contributed by atoms with van der Waals surface area (Å²) in [5, 5.41) is 9.02. The van der Waals surface area contributed by atoms with Crippen molar-refractivity contribution in [3.8, 4) is 0 Å². The molecule has 2 aromatic rings. The van der Waals surface area contributed by atoms with Crippen molar-refractivity contribution in [3.05, 3.63) is 47.5 Å². The van der Waals surface area contributed by atoms with Crippen LogP contribution in [0, 0.1) is 12.7 Å². The second-order valence-electron chi connectivity index (χ2n) is 5.26. The number of carbonyl (C=O) groups excluding carboxylic acids is 1. The van der Waals surface area contributed by atoms with Gasteiger partial charge in [-0.2, -0.15) is 0 Å². The predicted octanol–water partition coefficient (Wildman–Crippen LogP) is 2.13. The van der Waals surface area contributed by atoms with Crippen molar-refractivity contribution >= 4 is 17.5 Å². The average molecular weight is 331 g/mol. The van der Waals surface area contributed by atoms with Crippen LogP contribution in [0.1, 0.15) is 18.3 Å². The van der Waals surface area contributed by atoms with Gasteiger partial charge >= 0.3 is 0 Å². The van der Waals surface area contributed by atoms with Gasteiger partial charge in [0.05, 0.1) is 6.42 Å². The average Bonchev–Trinajstić information content (AvgIpc) is 2.54. The Bertz CT molecular complexity index is 692. The van der Waals surface area contributed by atoms with Gasteiger partial charge in [0, 0.05) is 25.7 Å². The van der Waals surface area contributed by atoms with E-state index in [9.17, 15) is 9.18 Å². The lowest BCUT2D eigenvalue weighted by molar-refractivity contribution is -0.120. The van der Waals surface area contributed by atoms with Crippen molar-refractivity contribution in [2.24, 2.45) is 0 Å². The summed E-state index contributed by atoms with van der Waals surface area (Å²) in [5.74, 6) is 1.55. The largest absolute Gasteiger partial charge is 0.370 e. The maximum absolute atomic E-state index is 13.5. The van der Waals surface area contributed by atoms with Crippen LogP contribution in [0.2, 0.25) is 0 Å². The van der Waals surface area contributed by atoms with Crippen molar-refractivity contribution in [3.63, 3.8) is 0 Å². The quantitative estimate of drug-likeness (QED) is 0.646. The van der Waals surface area contributed by atoms with Crippen LogP contribution in [0.15, 0.2) is 30.3 Å². The molecule has 0 aliphatic rings. The first kappa shape index (κ1) is 17.7. The van der Waals surface area contributed by atoms with E-state index >= 15 is 0 Å². The first-order valence-corrected chi connectivity index (χ1v) is 7.92. The van der Waals surface area contributed by atoms with Gasteiger partial charge < -0.3 is 16.0 Å². The van der Waals surface area contributed by atoms with E-state index in [1.807, 2.05) is 19.9 Å². The summed E-state index contributed by atoms with van der Waals surface area (Å²) in [6.45, 7) is 5.54. The molecule has 0 aliphatic heterocycles. The number of halogens is 1. The van der Waals surface area contributed by atoms with E-state index in [1.54, 1.807) is 18.2 Å². The molecule has 0 saturated heterocycles. The fraction of sp³-hybridized carbons (Fsp3) is 0.353. The number of amides is 1. The number of benzene rings is 1. The van der Waals surface area contributed by atoms with Crippen LogP contribution in [-0.4, -0.2) is 35.5 Å². The van der Waals surface area contributed by atoms with Gasteiger partial charge in [-0.3, -0.25) is 4.79 Å². The van der Waals surface area contributed by atoms with E-state index in [-0.39, 0.29) is 18.1 Å². The van der Waals surface area contributed by atoms with Crippen LogP contribution in [0.5, 0.6) is 0 Å². The van der Waals surface area contributed by atoms with Gasteiger partial charge in [-0.25, -0.2) is 14.4 Å². The third-order valence-corrected chi connectivity index (χ3v) is 3.26. The maximum atomic E-state index is 13.5. The highest BCUT2D eigenvalue weighted by Gasteiger charge is 2.07. The summed E-state index contributed by atoms with van der Waals surface area (Å²) in [6, 6.07) is 8.10. The SMILES string of the molecule is CCNc1cc(NCCNC(=O)Cc2ccccc2F)nc(C)n1. The van der Waals surface area contributed by atoms with Gasteiger partial charge in [0.1, 0.15) is 23.3 Å². The minimum absolute atomic E-state index is 0.0316. The highest BCUT2D eigenvalue weighted by atomic mass is 19.1. The number of nitrogens with zero attached hydrogens (tertiary/aromatic N) is 2. The fourth-order valence-electron chi connectivity index (χ4n) is 2.20. The lowest BCUT2D eigenvalue weighted by Gasteiger charge is -2.10. The number of nitrogens with one attached hydrogen (secondary N) is 3. The molecule has 0 bridgehead atoms. The molecule has 0 aliphatic carbocycles. The Hall–Kier alpha value is -2.70. The van der Waals surface area contributed by atoms with E-state index in [4.69, 9.17) is 0 Å². The van der Waals surface area contributed by atoms with Crippen molar-refractivity contribution in [2.75, 3.05) is 30.3 Å². The molecule has 128 valence electrons. The third kappa shape index (κ3) is 5.49. The summed E-state index contributed by atoms with van der Waals surface area (Å²) in [6.07, 6.45) is 0.0316. The Kier molecular flexibility index (Phi) is 6.48. The Balaban J connectivity index is 1.76. The first-order valence-electron chi connectivity index (χ1n) is 7.92. The van der Waals surface area contributed by atoms with Crippen LogP contribution in [-0.2, 0) is 11.2 Å². The number of anilines is 2. The minimum atomic E-state index is -0.363. The molecule has 6 nitrogen and oxygen atoms in total. The zero-order valence-corrected chi connectivity index (χ0v) is 13.9. The molecule has 1 aromatic heterocycles. The molecular weight excluding hydrogens is 309 g/mol. The van der Waals surface area contributed by atoms with Crippen LogP contribution >= 0.6 is 0 Å². The van der Waals surface area contributed by atoms with E-state index in [0.717, 1.165) is 12.4 Å². The van der Waals surface area contributed by atoms with E-state index in [2.05, 4.69) is 25.9 Å². The summed E-state index contributed by atoms with van der Waals surface area (Å²) in [5.41, 5.74) is 0.393. The number of aryl methyl sites for hydroxylation is 1. The monoisotopic (exact) mass is 331 g/mol. The first-order chi connectivity index (χ1) is 11.6.